The molecule has 0 bridgehead atoms. The van der Waals surface area contributed by atoms with Crippen molar-refractivity contribution in [2.45, 2.75) is 6.42 Å². The molecule has 1 aromatic carbocycles. The highest BCUT2D eigenvalue weighted by Crippen LogP contribution is 2.31. The Kier molecular flexibility index (Phi) is 0.779. The fourth-order valence-corrected chi connectivity index (χ4v) is 1.57. The molecule has 0 N–H and O–H groups in total. The zero-order valence-corrected chi connectivity index (χ0v) is 6.04. The van der Waals surface area contributed by atoms with Gasteiger partial charge in [0.05, 0.1) is 11.4 Å². The van der Waals surface area contributed by atoms with E-state index in [1.165, 1.54) is 22.5 Å². The summed E-state index contributed by atoms with van der Waals surface area (Å²) < 4.78 is 0. The van der Waals surface area contributed by atoms with Crippen molar-refractivity contribution in [1.29, 1.82) is 0 Å². The lowest BCUT2D eigenvalue weighted by Crippen LogP contribution is -1.98. The Morgan fingerprint density at radius 2 is 2.09 bits per heavy atom. The Morgan fingerprint density at radius 1 is 1.18 bits per heavy atom. The van der Waals surface area contributed by atoms with Crippen LogP contribution in [-0.2, 0) is 6.42 Å². The van der Waals surface area contributed by atoms with Gasteiger partial charge >= 0.3 is 0 Å². The summed E-state index contributed by atoms with van der Waals surface area (Å²) in [7, 11) is 0. The van der Waals surface area contributed by atoms with Crippen LogP contribution in [0.5, 0.6) is 0 Å². The van der Waals surface area contributed by atoms with Gasteiger partial charge in [0.2, 0.25) is 0 Å². The number of rotatable bonds is 0. The standard InChI is InChI=1S/C10H7N/c1-2-4-8-7(3-1)5-6-9-10(8)11-9/h1-4,6H,5H2. The van der Waals surface area contributed by atoms with E-state index in [1.807, 2.05) is 0 Å². The zero-order chi connectivity index (χ0) is 7.26. The van der Waals surface area contributed by atoms with E-state index in [4.69, 9.17) is 0 Å². The number of aliphatic imine (C=N–C) groups is 1. The summed E-state index contributed by atoms with van der Waals surface area (Å²) in [5.41, 5.74) is 5.17. The number of benzene rings is 1. The maximum Gasteiger partial charge on any atom is 0.0966 e. The number of hydrogen-bond acceptors (Lipinski definition) is 1. The fraction of sp³-hybridized carbons (Fsp3) is 0.100. The second kappa shape index (κ2) is 1.62. The monoisotopic (exact) mass is 141 g/mol. The van der Waals surface area contributed by atoms with Gasteiger partial charge in [0, 0.05) is 5.56 Å². The van der Waals surface area contributed by atoms with Gasteiger partial charge in [-0.2, -0.15) is 0 Å². The van der Waals surface area contributed by atoms with Gasteiger partial charge in [-0.25, -0.2) is 4.99 Å². The molecule has 2 aliphatic rings. The van der Waals surface area contributed by atoms with Crippen molar-refractivity contribution in [3.05, 3.63) is 47.2 Å². The van der Waals surface area contributed by atoms with E-state index in [2.05, 4.69) is 35.3 Å². The normalized spacial score (nSPS) is 17.8. The van der Waals surface area contributed by atoms with Gasteiger partial charge in [0.1, 0.15) is 0 Å². The summed E-state index contributed by atoms with van der Waals surface area (Å²) in [5, 5.41) is 0. The molecule has 1 heterocycles. The molecule has 1 aliphatic carbocycles. The minimum absolute atomic E-state index is 1.05. The van der Waals surface area contributed by atoms with Crippen LogP contribution in [0.3, 0.4) is 0 Å². The van der Waals surface area contributed by atoms with E-state index in [-0.39, 0.29) is 0 Å². The molecular weight excluding hydrogens is 134 g/mol. The molecule has 0 radical (unpaired) electrons. The van der Waals surface area contributed by atoms with E-state index >= 15 is 0 Å². The number of allylic oxidation sites excluding steroid dienone is 2. The lowest BCUT2D eigenvalue weighted by Gasteiger charge is -2.04. The van der Waals surface area contributed by atoms with Gasteiger partial charge in [-0.05, 0) is 12.0 Å². The maximum atomic E-state index is 4.27. The van der Waals surface area contributed by atoms with Crippen LogP contribution < -0.4 is 0 Å². The molecule has 52 valence electrons. The highest BCUT2D eigenvalue weighted by atomic mass is 14.9. The van der Waals surface area contributed by atoms with Gasteiger partial charge in [-0.15, -0.1) is 0 Å². The topological polar surface area (TPSA) is 12.4 Å². The average Bonchev–Trinajstić information content (AvgIpc) is 2.83. The van der Waals surface area contributed by atoms with Gasteiger partial charge in [-0.1, -0.05) is 30.3 Å². The molecule has 1 heteroatoms. The highest BCUT2D eigenvalue weighted by molar-refractivity contribution is 6.24. The van der Waals surface area contributed by atoms with E-state index < -0.39 is 0 Å². The first-order valence-corrected chi connectivity index (χ1v) is 3.83. The number of nitrogens with zero attached hydrogens (tertiary/aromatic N) is 1. The Bertz CT molecular complexity index is 386. The van der Waals surface area contributed by atoms with Crippen LogP contribution in [0.1, 0.15) is 11.1 Å². The second-order valence-electron chi connectivity index (χ2n) is 2.91. The van der Waals surface area contributed by atoms with Crippen molar-refractivity contribution in [1.82, 2.24) is 0 Å². The Morgan fingerprint density at radius 3 is 3.09 bits per heavy atom. The first kappa shape index (κ1) is 5.30. The predicted molar refractivity (Wildman–Crippen MR) is 44.8 cm³/mol. The van der Waals surface area contributed by atoms with Gasteiger partial charge in [0.25, 0.3) is 0 Å². The molecule has 0 saturated carbocycles. The minimum atomic E-state index is 1.05. The maximum absolute atomic E-state index is 4.27. The molecule has 1 nitrogen and oxygen atoms in total. The van der Waals surface area contributed by atoms with Crippen molar-refractivity contribution in [2.75, 3.05) is 0 Å². The summed E-state index contributed by atoms with van der Waals surface area (Å²) in [6.45, 7) is 0. The molecule has 11 heavy (non-hydrogen) atoms. The smallest absolute Gasteiger partial charge is 0.0966 e. The molecule has 3 rings (SSSR count). The minimum Gasteiger partial charge on any atom is -0.244 e. The first-order chi connectivity index (χ1) is 5.45. The third-order valence-corrected chi connectivity index (χ3v) is 2.21. The van der Waals surface area contributed by atoms with Gasteiger partial charge in [-0.3, -0.25) is 0 Å². The molecule has 0 atom stereocenters. The first-order valence-electron chi connectivity index (χ1n) is 3.83. The van der Waals surface area contributed by atoms with Crippen LogP contribution in [0.15, 0.2) is 41.0 Å². The third-order valence-electron chi connectivity index (χ3n) is 2.21. The summed E-state index contributed by atoms with van der Waals surface area (Å²) in [5.74, 6) is 0. The predicted octanol–water partition coefficient (Wildman–Crippen LogP) is 1.93. The molecule has 0 amide bonds. The quantitative estimate of drug-likeness (QED) is 0.523. The van der Waals surface area contributed by atoms with E-state index in [0.717, 1.165) is 6.42 Å². The van der Waals surface area contributed by atoms with Crippen LogP contribution in [0.4, 0.5) is 0 Å². The van der Waals surface area contributed by atoms with Crippen LogP contribution in [0, 0.1) is 0 Å². The molecule has 0 aromatic heterocycles. The molecule has 0 saturated heterocycles. The summed E-state index contributed by atoms with van der Waals surface area (Å²) in [4.78, 5) is 4.27. The zero-order valence-electron chi connectivity index (χ0n) is 6.04. The van der Waals surface area contributed by atoms with E-state index in [1.54, 1.807) is 0 Å². The van der Waals surface area contributed by atoms with Crippen LogP contribution in [-0.4, -0.2) is 5.71 Å². The second-order valence-corrected chi connectivity index (χ2v) is 2.91. The molecule has 1 aliphatic heterocycles. The summed E-state index contributed by atoms with van der Waals surface area (Å²) >= 11 is 0. The van der Waals surface area contributed by atoms with Crippen LogP contribution in [0.2, 0.25) is 0 Å². The van der Waals surface area contributed by atoms with E-state index in [0.29, 0.717) is 0 Å². The highest BCUT2D eigenvalue weighted by Gasteiger charge is 2.26. The van der Waals surface area contributed by atoms with Crippen LogP contribution in [0.25, 0.3) is 0 Å². The molecule has 0 unspecified atom stereocenters. The Hall–Kier alpha value is -1.37. The third kappa shape index (κ3) is 0.625. The van der Waals surface area contributed by atoms with Gasteiger partial charge in [0.15, 0.2) is 0 Å². The van der Waals surface area contributed by atoms with Crippen molar-refractivity contribution in [2.24, 2.45) is 4.99 Å². The van der Waals surface area contributed by atoms with Gasteiger partial charge < -0.3 is 0 Å². The molecule has 0 fully saturated rings. The van der Waals surface area contributed by atoms with E-state index in [9.17, 15) is 0 Å². The lowest BCUT2D eigenvalue weighted by molar-refractivity contribution is 1.24. The largest absolute Gasteiger partial charge is 0.244 e. The average molecular weight is 141 g/mol. The number of hydrogen-bond donors (Lipinski definition) is 0. The fourth-order valence-electron chi connectivity index (χ4n) is 1.57. The molecule has 1 aromatic rings. The Labute approximate surface area is 65.1 Å². The SMILES string of the molecule is C1=C2N=C2c2ccccc2C1. The van der Waals surface area contributed by atoms with Crippen molar-refractivity contribution in [3.8, 4) is 0 Å². The molecular formula is C10H7N. The molecule has 0 spiro atoms. The summed E-state index contributed by atoms with van der Waals surface area (Å²) in [6, 6.07) is 8.47. The van der Waals surface area contributed by atoms with Crippen LogP contribution >= 0.6 is 0 Å². The van der Waals surface area contributed by atoms with Crippen molar-refractivity contribution in [3.63, 3.8) is 0 Å². The van der Waals surface area contributed by atoms with Crippen molar-refractivity contribution < 1.29 is 0 Å². The summed E-state index contributed by atoms with van der Waals surface area (Å²) in [6.07, 6.45) is 3.25. The van der Waals surface area contributed by atoms with Crippen molar-refractivity contribution >= 4 is 5.71 Å². The Balaban J connectivity index is 2.28. The lowest BCUT2D eigenvalue weighted by atomic mass is 9.97. The number of fused-ring (bicyclic) bond motifs is 3.